The Hall–Kier alpha value is -2.44. The van der Waals surface area contributed by atoms with Crippen molar-refractivity contribution in [3.8, 4) is 47.4 Å². The quantitative estimate of drug-likeness (QED) is 0.561. The van der Waals surface area contributed by atoms with E-state index in [0.29, 0.717) is 12.8 Å². The van der Waals surface area contributed by atoms with E-state index in [2.05, 4.69) is 47.4 Å². The van der Waals surface area contributed by atoms with Gasteiger partial charge in [-0.2, -0.15) is 0 Å². The summed E-state index contributed by atoms with van der Waals surface area (Å²) in [5.41, 5.74) is 0. The maximum atomic E-state index is 8.72. The molecule has 0 aliphatic carbocycles. The third-order valence-electron chi connectivity index (χ3n) is 1.76. The zero-order valence-corrected chi connectivity index (χ0v) is 14.1. The third-order valence-corrected chi connectivity index (χ3v) is 1.76. The second-order valence-corrected chi connectivity index (χ2v) is 4.19. The molecule has 0 saturated carbocycles. The predicted molar refractivity (Wildman–Crippen MR) is 96.2 cm³/mol. The molecule has 128 valence electrons. The van der Waals surface area contributed by atoms with Crippen molar-refractivity contribution in [3.05, 3.63) is 24.3 Å². The van der Waals surface area contributed by atoms with E-state index < -0.39 is 12.2 Å². The largest absolute Gasteiger partial charge is 0.395 e. The molecule has 0 fully saturated rings. The number of aliphatic hydroxyl groups excluding tert-OH is 4. The van der Waals surface area contributed by atoms with Gasteiger partial charge in [-0.15, -0.1) is 0 Å². The van der Waals surface area contributed by atoms with E-state index in [9.17, 15) is 0 Å². The van der Waals surface area contributed by atoms with Gasteiger partial charge in [0.25, 0.3) is 0 Å². The smallest absolute Gasteiger partial charge is 0.112 e. The number of rotatable bonds is 2. The Kier molecular flexibility index (Phi) is 20.4. The molecule has 0 amide bonds. The van der Waals surface area contributed by atoms with E-state index in [1.165, 1.54) is 0 Å². The Morgan fingerprint density at radius 2 is 1.00 bits per heavy atom. The highest BCUT2D eigenvalue weighted by atomic mass is 16.3. The first kappa shape index (κ1) is 23.8. The molecule has 4 nitrogen and oxygen atoms in total. The Bertz CT molecular complexity index is 541. The first-order valence-corrected chi connectivity index (χ1v) is 7.41. The number of hydrogen-bond acceptors (Lipinski definition) is 4. The maximum Gasteiger partial charge on any atom is 0.112 e. The highest BCUT2D eigenvalue weighted by molar-refractivity contribution is 5.26. The molecule has 0 spiro atoms. The van der Waals surface area contributed by atoms with Gasteiger partial charge in [0.05, 0.1) is 13.2 Å². The second-order valence-electron chi connectivity index (χ2n) is 4.19. The van der Waals surface area contributed by atoms with E-state index in [1.807, 2.05) is 0 Å². The van der Waals surface area contributed by atoms with Crippen LogP contribution in [0.2, 0.25) is 0 Å². The van der Waals surface area contributed by atoms with Crippen molar-refractivity contribution in [2.24, 2.45) is 0 Å². The van der Waals surface area contributed by atoms with Crippen LogP contribution in [0.5, 0.6) is 0 Å². The van der Waals surface area contributed by atoms with Crippen LogP contribution in [0.25, 0.3) is 0 Å². The molecule has 0 heterocycles. The van der Waals surface area contributed by atoms with Crippen molar-refractivity contribution >= 4 is 0 Å². The second kappa shape index (κ2) is 20.6. The first-order chi connectivity index (χ1) is 11.5. The molecule has 0 aromatic rings. The molecule has 2 atom stereocenters. The molecule has 0 unspecified atom stereocenters. The molecule has 0 aromatic carbocycles. The molecule has 0 radical (unpaired) electrons. The third kappa shape index (κ3) is 27.8. The monoisotopic (exact) mass is 328 g/mol. The van der Waals surface area contributed by atoms with E-state index in [4.69, 9.17) is 20.4 Å². The lowest BCUT2D eigenvalue weighted by Gasteiger charge is -1.83. The van der Waals surface area contributed by atoms with Crippen molar-refractivity contribution in [1.82, 2.24) is 0 Å². The normalized spacial score (nSPS) is 11.2. The molecule has 4 N–H and O–H groups in total. The van der Waals surface area contributed by atoms with Crippen LogP contribution in [0.3, 0.4) is 0 Å². The fourth-order valence-corrected chi connectivity index (χ4v) is 0.878. The van der Waals surface area contributed by atoms with Gasteiger partial charge in [0.1, 0.15) is 12.2 Å². The van der Waals surface area contributed by atoms with Crippen LogP contribution in [-0.4, -0.2) is 45.8 Å². The summed E-state index contributed by atoms with van der Waals surface area (Å²) >= 11 is 0. The Labute approximate surface area is 144 Å². The van der Waals surface area contributed by atoms with Crippen molar-refractivity contribution in [2.75, 3.05) is 13.2 Å². The minimum atomic E-state index is -0.597. The van der Waals surface area contributed by atoms with E-state index in [0.717, 1.165) is 0 Å². The zero-order chi connectivity index (χ0) is 18.5. The van der Waals surface area contributed by atoms with Gasteiger partial charge in [-0.05, 0) is 38.2 Å². The highest BCUT2D eigenvalue weighted by Gasteiger charge is 1.79. The fraction of sp³-hybridized carbons (Fsp3) is 0.400. The van der Waals surface area contributed by atoms with E-state index in [-0.39, 0.29) is 13.2 Å². The van der Waals surface area contributed by atoms with Gasteiger partial charge in [-0.3, -0.25) is 0 Å². The SMILES string of the molecule is C[C@@H](O)C#C/C=C\C#CCCO.C[C@H](O)C#C/C=C\C#CCCO. The van der Waals surface area contributed by atoms with Crippen LogP contribution in [0.4, 0.5) is 0 Å². The zero-order valence-electron chi connectivity index (χ0n) is 14.1. The molecule has 0 saturated heterocycles. The molecule has 0 bridgehead atoms. The van der Waals surface area contributed by atoms with Crippen LogP contribution in [0.1, 0.15) is 26.7 Å². The summed E-state index contributed by atoms with van der Waals surface area (Å²) in [6.45, 7) is 3.36. The van der Waals surface area contributed by atoms with Gasteiger partial charge in [-0.25, -0.2) is 0 Å². The Balaban J connectivity index is 0. The predicted octanol–water partition coefficient (Wildman–Crippen LogP) is 0.625. The lowest BCUT2D eigenvalue weighted by atomic mass is 10.4. The van der Waals surface area contributed by atoms with Gasteiger partial charge in [0.15, 0.2) is 0 Å². The van der Waals surface area contributed by atoms with E-state index >= 15 is 0 Å². The van der Waals surface area contributed by atoms with Crippen LogP contribution < -0.4 is 0 Å². The summed E-state index contributed by atoms with van der Waals surface area (Å²) in [5.74, 6) is 21.1. The van der Waals surface area contributed by atoms with Crippen molar-refractivity contribution < 1.29 is 20.4 Å². The van der Waals surface area contributed by atoms with Crippen LogP contribution >= 0.6 is 0 Å². The summed E-state index contributed by atoms with van der Waals surface area (Å²) in [4.78, 5) is 0. The Morgan fingerprint density at radius 1 is 0.667 bits per heavy atom. The molecule has 0 aliphatic heterocycles. The summed E-state index contributed by atoms with van der Waals surface area (Å²) in [5, 5.41) is 34.1. The van der Waals surface area contributed by atoms with Crippen LogP contribution in [0.15, 0.2) is 24.3 Å². The van der Waals surface area contributed by atoms with Gasteiger partial charge < -0.3 is 20.4 Å². The molecule has 4 heteroatoms. The van der Waals surface area contributed by atoms with Crippen LogP contribution in [0, 0.1) is 47.4 Å². The molecule has 0 aromatic heterocycles. The average molecular weight is 328 g/mol. The summed E-state index contributed by atoms with van der Waals surface area (Å²) < 4.78 is 0. The van der Waals surface area contributed by atoms with Gasteiger partial charge in [-0.1, -0.05) is 47.4 Å². The van der Waals surface area contributed by atoms with Crippen molar-refractivity contribution in [3.63, 3.8) is 0 Å². The van der Waals surface area contributed by atoms with Crippen LogP contribution in [-0.2, 0) is 0 Å². The standard InChI is InChI=1S/2C10H12O2/c2*1-10(12)8-6-4-2-3-5-7-9-11/h2*2,4,10-12H,7,9H2,1H3/b2*4-2-/t2*10-/m10/s1. The lowest BCUT2D eigenvalue weighted by Crippen LogP contribution is -1.91. The molecule has 24 heavy (non-hydrogen) atoms. The topological polar surface area (TPSA) is 80.9 Å². The van der Waals surface area contributed by atoms with Gasteiger partial charge in [0.2, 0.25) is 0 Å². The molecule has 0 rings (SSSR count). The first-order valence-electron chi connectivity index (χ1n) is 7.41. The highest BCUT2D eigenvalue weighted by Crippen LogP contribution is 1.76. The van der Waals surface area contributed by atoms with Crippen molar-refractivity contribution in [1.29, 1.82) is 0 Å². The van der Waals surface area contributed by atoms with Crippen molar-refractivity contribution in [2.45, 2.75) is 38.9 Å². The average Bonchev–Trinajstić information content (AvgIpc) is 2.53. The van der Waals surface area contributed by atoms with E-state index in [1.54, 1.807) is 38.2 Å². The molecular formula is C20H24O4. The molecule has 0 aliphatic rings. The minimum Gasteiger partial charge on any atom is -0.395 e. The number of allylic oxidation sites excluding steroid dienone is 4. The summed E-state index contributed by atoms with van der Waals surface area (Å²) in [6.07, 6.45) is 6.08. The summed E-state index contributed by atoms with van der Waals surface area (Å²) in [7, 11) is 0. The lowest BCUT2D eigenvalue weighted by molar-refractivity contribution is 0.253. The number of hydrogen-bond donors (Lipinski definition) is 4. The molecular weight excluding hydrogens is 304 g/mol. The summed E-state index contributed by atoms with van der Waals surface area (Å²) in [6, 6.07) is 0. The fourth-order valence-electron chi connectivity index (χ4n) is 0.878. The van der Waals surface area contributed by atoms with Gasteiger partial charge in [0, 0.05) is 12.8 Å². The van der Waals surface area contributed by atoms with Gasteiger partial charge >= 0.3 is 0 Å². The maximum absolute atomic E-state index is 8.72. The number of aliphatic hydroxyl groups is 4. The minimum absolute atomic E-state index is 0.0835. The Morgan fingerprint density at radius 3 is 1.29 bits per heavy atom.